The van der Waals surface area contributed by atoms with E-state index in [1.165, 1.54) is 23.1 Å². The lowest BCUT2D eigenvalue weighted by atomic mass is 10.3. The van der Waals surface area contributed by atoms with E-state index in [0.717, 1.165) is 21.0 Å². The van der Waals surface area contributed by atoms with Crippen molar-refractivity contribution in [2.75, 3.05) is 23.9 Å². The summed E-state index contributed by atoms with van der Waals surface area (Å²) in [4.78, 5) is 16.9. The summed E-state index contributed by atoms with van der Waals surface area (Å²) >= 11 is 2.79. The van der Waals surface area contributed by atoms with Gasteiger partial charge in [-0.1, -0.05) is 55.4 Å². The van der Waals surface area contributed by atoms with Crippen LogP contribution in [-0.2, 0) is 19.4 Å². The molecule has 2 aromatic carbocycles. The van der Waals surface area contributed by atoms with Crippen LogP contribution < -0.4 is 4.74 Å². The molecule has 0 aliphatic heterocycles. The third kappa shape index (κ3) is 7.83. The monoisotopic (exact) mass is 479 g/mol. The number of nitrogens with zero attached hydrogens (tertiary/aromatic N) is 1. The molecular weight excluding hydrogens is 454 g/mol. The van der Waals surface area contributed by atoms with Crippen molar-refractivity contribution in [3.8, 4) is 5.75 Å². The number of rotatable bonds is 12. The lowest BCUT2D eigenvalue weighted by molar-refractivity contribution is -0.146. The van der Waals surface area contributed by atoms with E-state index in [4.69, 9.17) is 9.47 Å². The maximum atomic E-state index is 12.4. The number of aromatic nitrogens is 1. The van der Waals surface area contributed by atoms with Crippen LogP contribution in [0.5, 0.6) is 5.75 Å². The highest BCUT2D eigenvalue weighted by atomic mass is 32.2. The SMILES string of the molecule is CCCCS(=O)(=O)CC(COc1ccccc1)OC(=O)CSc1nc2ccccc2s1. The minimum atomic E-state index is -3.35. The molecule has 0 saturated carbocycles. The smallest absolute Gasteiger partial charge is 0.316 e. The predicted octanol–water partition coefficient (Wildman–Crippen LogP) is 4.59. The van der Waals surface area contributed by atoms with Crippen molar-refractivity contribution in [1.29, 1.82) is 0 Å². The number of sulfone groups is 1. The zero-order valence-corrected chi connectivity index (χ0v) is 19.7. The first-order valence-corrected chi connectivity index (χ1v) is 13.6. The average Bonchev–Trinajstić information content (AvgIpc) is 3.18. The second-order valence-electron chi connectivity index (χ2n) is 6.94. The quantitative estimate of drug-likeness (QED) is 0.277. The highest BCUT2D eigenvalue weighted by molar-refractivity contribution is 8.01. The van der Waals surface area contributed by atoms with Crippen molar-refractivity contribution >= 4 is 49.1 Å². The number of hydrogen-bond acceptors (Lipinski definition) is 8. The molecule has 0 spiro atoms. The highest BCUT2D eigenvalue weighted by Gasteiger charge is 2.24. The number of carbonyl (C=O) groups is 1. The lowest BCUT2D eigenvalue weighted by Crippen LogP contribution is -2.33. The molecule has 0 saturated heterocycles. The maximum Gasteiger partial charge on any atom is 0.316 e. The molecule has 3 rings (SSSR count). The van der Waals surface area contributed by atoms with Crippen LogP contribution in [0.3, 0.4) is 0 Å². The molecule has 0 N–H and O–H groups in total. The van der Waals surface area contributed by atoms with E-state index in [0.29, 0.717) is 12.2 Å². The number of para-hydroxylation sites is 2. The van der Waals surface area contributed by atoms with Crippen molar-refractivity contribution in [2.24, 2.45) is 0 Å². The largest absolute Gasteiger partial charge is 0.490 e. The molecule has 1 aromatic heterocycles. The number of fused-ring (bicyclic) bond motifs is 1. The van der Waals surface area contributed by atoms with E-state index in [-0.39, 0.29) is 23.9 Å². The molecule has 0 amide bonds. The Balaban J connectivity index is 1.59. The summed E-state index contributed by atoms with van der Waals surface area (Å²) in [7, 11) is -3.35. The van der Waals surface area contributed by atoms with Crippen LogP contribution in [-0.4, -0.2) is 49.3 Å². The Hall–Kier alpha value is -2.10. The number of esters is 1. The van der Waals surface area contributed by atoms with Gasteiger partial charge in [-0.15, -0.1) is 11.3 Å². The summed E-state index contributed by atoms with van der Waals surface area (Å²) in [6, 6.07) is 16.8. The van der Waals surface area contributed by atoms with Crippen LogP contribution in [0.25, 0.3) is 10.2 Å². The molecule has 1 unspecified atom stereocenters. The van der Waals surface area contributed by atoms with Crippen LogP contribution in [0, 0.1) is 0 Å². The van der Waals surface area contributed by atoms with Gasteiger partial charge in [0, 0.05) is 0 Å². The van der Waals surface area contributed by atoms with Crippen LogP contribution in [0.1, 0.15) is 19.8 Å². The topological polar surface area (TPSA) is 82.6 Å². The van der Waals surface area contributed by atoms with Crippen molar-refractivity contribution < 1.29 is 22.7 Å². The van der Waals surface area contributed by atoms with Gasteiger partial charge < -0.3 is 9.47 Å². The molecule has 1 atom stereocenters. The summed E-state index contributed by atoms with van der Waals surface area (Å²) in [5.41, 5.74) is 0.888. The van der Waals surface area contributed by atoms with Gasteiger partial charge in [0.1, 0.15) is 18.5 Å². The van der Waals surface area contributed by atoms with Crippen molar-refractivity contribution in [2.45, 2.75) is 30.2 Å². The fourth-order valence-corrected chi connectivity index (χ4v) is 6.28. The molecule has 166 valence electrons. The lowest BCUT2D eigenvalue weighted by Gasteiger charge is -2.18. The second kappa shape index (κ2) is 11.5. The molecule has 0 bridgehead atoms. The van der Waals surface area contributed by atoms with Gasteiger partial charge in [0.05, 0.1) is 27.5 Å². The number of carbonyl (C=O) groups excluding carboxylic acids is 1. The molecule has 3 aromatic rings. The normalized spacial score (nSPS) is 12.5. The van der Waals surface area contributed by atoms with Crippen LogP contribution in [0.15, 0.2) is 58.9 Å². The van der Waals surface area contributed by atoms with Gasteiger partial charge >= 0.3 is 5.97 Å². The summed E-state index contributed by atoms with van der Waals surface area (Å²) in [5, 5.41) is 0. The third-order valence-corrected chi connectivity index (χ3v) is 8.26. The maximum absolute atomic E-state index is 12.4. The highest BCUT2D eigenvalue weighted by Crippen LogP contribution is 2.29. The Bertz CT molecular complexity index is 1050. The summed E-state index contributed by atoms with van der Waals surface area (Å²) < 4.78 is 37.8. The van der Waals surface area contributed by atoms with Crippen LogP contribution in [0.2, 0.25) is 0 Å². The van der Waals surface area contributed by atoms with Crippen LogP contribution >= 0.6 is 23.1 Å². The van der Waals surface area contributed by atoms with E-state index in [2.05, 4.69) is 4.98 Å². The molecule has 6 nitrogen and oxygen atoms in total. The summed E-state index contributed by atoms with van der Waals surface area (Å²) in [6.45, 7) is 1.91. The molecule has 0 aliphatic carbocycles. The number of benzene rings is 2. The Labute approximate surface area is 190 Å². The molecule has 9 heteroatoms. The third-order valence-electron chi connectivity index (χ3n) is 4.31. The number of unbranched alkanes of at least 4 members (excludes halogenated alkanes) is 1. The first-order valence-electron chi connectivity index (χ1n) is 10.0. The number of hydrogen-bond donors (Lipinski definition) is 0. The summed E-state index contributed by atoms with van der Waals surface area (Å²) in [6.07, 6.45) is 0.490. The number of ether oxygens (including phenoxy) is 2. The number of thioether (sulfide) groups is 1. The average molecular weight is 480 g/mol. The molecular formula is C22H25NO5S3. The molecule has 0 fully saturated rings. The van der Waals surface area contributed by atoms with Crippen molar-refractivity contribution in [1.82, 2.24) is 4.98 Å². The van der Waals surface area contributed by atoms with Gasteiger partial charge in [-0.2, -0.15) is 0 Å². The second-order valence-corrected chi connectivity index (χ2v) is 11.4. The Morgan fingerprint density at radius 1 is 1.13 bits per heavy atom. The van der Waals surface area contributed by atoms with E-state index >= 15 is 0 Å². The minimum Gasteiger partial charge on any atom is -0.490 e. The Kier molecular flexibility index (Phi) is 8.74. The van der Waals surface area contributed by atoms with Gasteiger partial charge in [-0.3, -0.25) is 4.79 Å². The summed E-state index contributed by atoms with van der Waals surface area (Å²) in [5.74, 6) is -0.0211. The zero-order chi connectivity index (χ0) is 22.1. The van der Waals surface area contributed by atoms with E-state index in [1.54, 1.807) is 12.1 Å². The van der Waals surface area contributed by atoms with E-state index in [9.17, 15) is 13.2 Å². The number of thiazole rings is 1. The van der Waals surface area contributed by atoms with Crippen molar-refractivity contribution in [3.05, 3.63) is 54.6 Å². The van der Waals surface area contributed by atoms with E-state index in [1.807, 2.05) is 49.4 Å². The molecule has 31 heavy (non-hydrogen) atoms. The Morgan fingerprint density at radius 2 is 1.87 bits per heavy atom. The fraction of sp³-hybridized carbons (Fsp3) is 0.364. The standard InChI is InChI=1S/C22H25NO5S3/c1-2-3-13-31(25,26)16-18(14-27-17-9-5-4-6-10-17)28-21(24)15-29-22-23-19-11-7-8-12-20(19)30-22/h4-12,18H,2-3,13-16H2,1H3. The minimum absolute atomic E-state index is 0.0209. The molecule has 0 aliphatic rings. The van der Waals surface area contributed by atoms with Gasteiger partial charge in [0.25, 0.3) is 0 Å². The van der Waals surface area contributed by atoms with Gasteiger partial charge in [-0.25, -0.2) is 13.4 Å². The van der Waals surface area contributed by atoms with Gasteiger partial charge in [-0.05, 0) is 30.7 Å². The zero-order valence-electron chi connectivity index (χ0n) is 17.2. The first-order chi connectivity index (χ1) is 14.9. The van der Waals surface area contributed by atoms with Gasteiger partial charge in [0.2, 0.25) is 0 Å². The Morgan fingerprint density at radius 3 is 2.61 bits per heavy atom. The van der Waals surface area contributed by atoms with E-state index < -0.39 is 21.9 Å². The molecule has 0 radical (unpaired) electrons. The first kappa shape index (κ1) is 23.6. The van der Waals surface area contributed by atoms with Gasteiger partial charge in [0.15, 0.2) is 14.2 Å². The van der Waals surface area contributed by atoms with Crippen molar-refractivity contribution in [3.63, 3.8) is 0 Å². The van der Waals surface area contributed by atoms with Crippen LogP contribution in [0.4, 0.5) is 0 Å². The fourth-order valence-electron chi connectivity index (χ4n) is 2.81. The predicted molar refractivity (Wildman–Crippen MR) is 126 cm³/mol. The molecule has 1 heterocycles.